The molecule has 0 unspecified atom stereocenters. The second-order valence-electron chi connectivity index (χ2n) is 3.95. The van der Waals surface area contributed by atoms with Crippen LogP contribution in [0.15, 0.2) is 54.6 Å². The zero-order valence-corrected chi connectivity index (χ0v) is 10.4. The lowest BCUT2D eigenvalue weighted by Gasteiger charge is -2.08. The predicted octanol–water partition coefficient (Wildman–Crippen LogP) is 2.92. The van der Waals surface area contributed by atoms with E-state index in [-0.39, 0.29) is 0 Å². The molecule has 18 heavy (non-hydrogen) atoms. The fourth-order valence-corrected chi connectivity index (χ4v) is 1.64. The summed E-state index contributed by atoms with van der Waals surface area (Å²) >= 11 is 0. The van der Waals surface area contributed by atoms with E-state index in [2.05, 4.69) is 17.6 Å². The van der Waals surface area contributed by atoms with E-state index in [1.165, 1.54) is 0 Å². The molecule has 3 nitrogen and oxygen atoms in total. The fraction of sp³-hybridized carbons (Fsp3) is 0.200. The maximum absolute atomic E-state index is 5.74. The van der Waals surface area contributed by atoms with Gasteiger partial charge in [-0.1, -0.05) is 42.5 Å². The van der Waals surface area contributed by atoms with Crippen molar-refractivity contribution in [2.45, 2.75) is 13.2 Å². The molecule has 3 heteroatoms. The lowest BCUT2D eigenvalue weighted by Crippen LogP contribution is -2.10. The lowest BCUT2D eigenvalue weighted by molar-refractivity contribution is 0.0866. The van der Waals surface area contributed by atoms with Crippen LogP contribution in [-0.2, 0) is 18.0 Å². The summed E-state index contributed by atoms with van der Waals surface area (Å²) in [5.41, 5.74) is 5.10. The highest BCUT2D eigenvalue weighted by molar-refractivity contribution is 5.28. The SMILES string of the molecule is CONCc1cccc(OCc2ccccc2)c1. The van der Waals surface area contributed by atoms with Crippen molar-refractivity contribution >= 4 is 0 Å². The Labute approximate surface area is 107 Å². The van der Waals surface area contributed by atoms with E-state index in [4.69, 9.17) is 9.57 Å². The molecule has 0 aliphatic rings. The van der Waals surface area contributed by atoms with Gasteiger partial charge in [0.2, 0.25) is 0 Å². The second kappa shape index (κ2) is 6.79. The average molecular weight is 243 g/mol. The van der Waals surface area contributed by atoms with Crippen LogP contribution in [0.5, 0.6) is 5.75 Å². The Morgan fingerprint density at radius 3 is 2.50 bits per heavy atom. The van der Waals surface area contributed by atoms with Crippen LogP contribution < -0.4 is 10.2 Å². The summed E-state index contributed by atoms with van der Waals surface area (Å²) in [6, 6.07) is 18.1. The van der Waals surface area contributed by atoms with Gasteiger partial charge in [-0.05, 0) is 23.3 Å². The van der Waals surface area contributed by atoms with E-state index in [9.17, 15) is 0 Å². The molecule has 0 aromatic heterocycles. The molecule has 1 N–H and O–H groups in total. The first-order chi connectivity index (χ1) is 8.88. The monoisotopic (exact) mass is 243 g/mol. The van der Waals surface area contributed by atoms with Gasteiger partial charge in [0.25, 0.3) is 0 Å². The summed E-state index contributed by atoms with van der Waals surface area (Å²) in [6.07, 6.45) is 0. The smallest absolute Gasteiger partial charge is 0.120 e. The van der Waals surface area contributed by atoms with Crippen LogP contribution in [0, 0.1) is 0 Å². The maximum Gasteiger partial charge on any atom is 0.120 e. The highest BCUT2D eigenvalue weighted by Gasteiger charge is 1.98. The van der Waals surface area contributed by atoms with Crippen molar-refractivity contribution in [3.63, 3.8) is 0 Å². The van der Waals surface area contributed by atoms with E-state index in [0.717, 1.165) is 16.9 Å². The van der Waals surface area contributed by atoms with Gasteiger partial charge in [-0.3, -0.25) is 0 Å². The minimum atomic E-state index is 0.585. The largest absolute Gasteiger partial charge is 0.489 e. The summed E-state index contributed by atoms with van der Waals surface area (Å²) in [7, 11) is 1.61. The van der Waals surface area contributed by atoms with Gasteiger partial charge in [0.15, 0.2) is 0 Å². The number of hydrogen-bond donors (Lipinski definition) is 1. The van der Waals surface area contributed by atoms with Crippen molar-refractivity contribution in [3.05, 3.63) is 65.7 Å². The van der Waals surface area contributed by atoms with Crippen LogP contribution in [0.25, 0.3) is 0 Å². The van der Waals surface area contributed by atoms with Crippen LogP contribution in [0.3, 0.4) is 0 Å². The number of nitrogens with one attached hydrogen (secondary N) is 1. The Morgan fingerprint density at radius 2 is 1.72 bits per heavy atom. The molecule has 0 radical (unpaired) electrons. The van der Waals surface area contributed by atoms with Gasteiger partial charge in [-0.2, -0.15) is 5.48 Å². The van der Waals surface area contributed by atoms with Gasteiger partial charge >= 0.3 is 0 Å². The zero-order chi connectivity index (χ0) is 12.6. The van der Waals surface area contributed by atoms with Crippen LogP contribution in [-0.4, -0.2) is 7.11 Å². The minimum Gasteiger partial charge on any atom is -0.489 e. The summed E-state index contributed by atoms with van der Waals surface area (Å²) in [4.78, 5) is 4.82. The topological polar surface area (TPSA) is 30.5 Å². The molecule has 0 heterocycles. The molecule has 0 aliphatic heterocycles. The van der Waals surface area contributed by atoms with Gasteiger partial charge in [0.05, 0.1) is 7.11 Å². The third-order valence-corrected chi connectivity index (χ3v) is 2.57. The molecule has 0 spiro atoms. The molecular weight excluding hydrogens is 226 g/mol. The first-order valence-corrected chi connectivity index (χ1v) is 5.90. The Balaban J connectivity index is 1.93. The van der Waals surface area contributed by atoms with Gasteiger partial charge in [-0.25, -0.2) is 0 Å². The van der Waals surface area contributed by atoms with Crippen molar-refractivity contribution < 1.29 is 9.57 Å². The molecule has 0 saturated carbocycles. The summed E-state index contributed by atoms with van der Waals surface area (Å²) in [5, 5.41) is 0. The minimum absolute atomic E-state index is 0.585. The fourth-order valence-electron chi connectivity index (χ4n) is 1.64. The van der Waals surface area contributed by atoms with E-state index < -0.39 is 0 Å². The highest BCUT2D eigenvalue weighted by Crippen LogP contribution is 2.15. The number of hydrogen-bond acceptors (Lipinski definition) is 3. The van der Waals surface area contributed by atoms with Crippen molar-refractivity contribution in [1.29, 1.82) is 0 Å². The Morgan fingerprint density at radius 1 is 0.944 bits per heavy atom. The van der Waals surface area contributed by atoms with E-state index >= 15 is 0 Å². The second-order valence-corrected chi connectivity index (χ2v) is 3.95. The molecule has 94 valence electrons. The first-order valence-electron chi connectivity index (χ1n) is 5.90. The Bertz CT molecular complexity index is 471. The third kappa shape index (κ3) is 3.87. The van der Waals surface area contributed by atoms with Crippen LogP contribution in [0.1, 0.15) is 11.1 Å². The molecule has 2 aromatic carbocycles. The lowest BCUT2D eigenvalue weighted by atomic mass is 10.2. The van der Waals surface area contributed by atoms with Gasteiger partial charge in [0, 0.05) is 6.54 Å². The van der Waals surface area contributed by atoms with E-state index in [1.807, 2.05) is 42.5 Å². The number of benzene rings is 2. The molecular formula is C15H17NO2. The normalized spacial score (nSPS) is 10.3. The quantitative estimate of drug-likeness (QED) is 0.791. The van der Waals surface area contributed by atoms with E-state index in [1.54, 1.807) is 7.11 Å². The van der Waals surface area contributed by atoms with Crippen LogP contribution in [0.2, 0.25) is 0 Å². The van der Waals surface area contributed by atoms with Crippen LogP contribution in [0.4, 0.5) is 0 Å². The molecule has 0 fully saturated rings. The van der Waals surface area contributed by atoms with Gasteiger partial charge in [0.1, 0.15) is 12.4 Å². The van der Waals surface area contributed by atoms with Crippen LogP contribution >= 0.6 is 0 Å². The number of rotatable bonds is 6. The molecule has 0 atom stereocenters. The predicted molar refractivity (Wildman–Crippen MR) is 71.1 cm³/mol. The van der Waals surface area contributed by atoms with Crippen molar-refractivity contribution in [2.24, 2.45) is 0 Å². The molecule has 2 aromatic rings. The number of hydroxylamine groups is 1. The van der Waals surface area contributed by atoms with Gasteiger partial charge in [-0.15, -0.1) is 0 Å². The number of ether oxygens (including phenoxy) is 1. The summed E-state index contributed by atoms with van der Waals surface area (Å²) in [6.45, 7) is 1.25. The summed E-state index contributed by atoms with van der Waals surface area (Å²) in [5.74, 6) is 0.870. The Kier molecular flexibility index (Phi) is 4.76. The molecule has 0 bridgehead atoms. The van der Waals surface area contributed by atoms with Crippen molar-refractivity contribution in [1.82, 2.24) is 5.48 Å². The molecule has 0 amide bonds. The highest BCUT2D eigenvalue weighted by atomic mass is 16.6. The van der Waals surface area contributed by atoms with E-state index in [0.29, 0.717) is 13.2 Å². The molecule has 0 aliphatic carbocycles. The Hall–Kier alpha value is -1.84. The third-order valence-electron chi connectivity index (χ3n) is 2.57. The summed E-state index contributed by atoms with van der Waals surface area (Å²) < 4.78 is 5.74. The maximum atomic E-state index is 5.74. The molecule has 2 rings (SSSR count). The molecule has 0 saturated heterocycles. The van der Waals surface area contributed by atoms with Crippen molar-refractivity contribution in [2.75, 3.05) is 7.11 Å². The average Bonchev–Trinajstić information content (AvgIpc) is 2.44. The zero-order valence-electron chi connectivity index (χ0n) is 10.4. The first kappa shape index (κ1) is 12.6. The van der Waals surface area contributed by atoms with Crippen molar-refractivity contribution in [3.8, 4) is 5.75 Å². The van der Waals surface area contributed by atoms with Gasteiger partial charge < -0.3 is 9.57 Å². The standard InChI is InChI=1S/C15H17NO2/c1-17-16-11-14-8-5-9-15(10-14)18-12-13-6-3-2-4-7-13/h2-10,16H,11-12H2,1H3.